The minimum absolute atomic E-state index is 0.0105. The Labute approximate surface area is 137 Å². The van der Waals surface area contributed by atoms with E-state index in [0.29, 0.717) is 32.5 Å². The first-order chi connectivity index (χ1) is 11.0. The van der Waals surface area contributed by atoms with E-state index in [2.05, 4.69) is 5.32 Å². The molecule has 0 bridgehead atoms. The van der Waals surface area contributed by atoms with Crippen molar-refractivity contribution in [3.05, 3.63) is 0 Å². The smallest absolute Gasteiger partial charge is 0.224 e. The second-order valence-electron chi connectivity index (χ2n) is 6.55. The van der Waals surface area contributed by atoms with Crippen LogP contribution in [0.4, 0.5) is 0 Å². The van der Waals surface area contributed by atoms with Crippen molar-refractivity contribution in [3.63, 3.8) is 0 Å². The molecule has 0 aromatic rings. The third-order valence-electron chi connectivity index (χ3n) is 4.62. The van der Waals surface area contributed by atoms with Gasteiger partial charge in [0.1, 0.15) is 6.10 Å². The van der Waals surface area contributed by atoms with Crippen LogP contribution in [0, 0.1) is 5.92 Å². The van der Waals surface area contributed by atoms with Gasteiger partial charge in [-0.05, 0) is 25.7 Å². The maximum Gasteiger partial charge on any atom is 0.224 e. The number of ether oxygens (including phenoxy) is 2. The Kier molecular flexibility index (Phi) is 6.80. The van der Waals surface area contributed by atoms with E-state index in [1.165, 1.54) is 4.90 Å². The fourth-order valence-electron chi connectivity index (χ4n) is 3.08. The molecule has 0 aromatic carbocycles. The first-order valence-electron chi connectivity index (χ1n) is 8.35. The van der Waals surface area contributed by atoms with Crippen molar-refractivity contribution >= 4 is 11.8 Å². The van der Waals surface area contributed by atoms with Crippen molar-refractivity contribution in [3.8, 4) is 0 Å². The summed E-state index contributed by atoms with van der Waals surface area (Å²) >= 11 is 0. The van der Waals surface area contributed by atoms with Gasteiger partial charge >= 0.3 is 0 Å². The molecular weight excluding hydrogens is 300 g/mol. The number of rotatable bonds is 5. The zero-order chi connectivity index (χ0) is 16.8. The zero-order valence-electron chi connectivity index (χ0n) is 14.0. The quantitative estimate of drug-likeness (QED) is 0.737. The standard InChI is InChI=1S/C16H28N2O5/c1-18(2)15(20)9-12-3-4-13(14(10-19)23-12)17-16(21)11-5-7-22-8-6-11/h11-14,19H,3-10H2,1-2H3,(H,17,21)/t12-,13-,14+/m0/s1. The number of aliphatic hydroxyl groups is 1. The summed E-state index contributed by atoms with van der Waals surface area (Å²) in [5.74, 6) is 0.00989. The first kappa shape index (κ1) is 18.2. The molecule has 0 unspecified atom stereocenters. The highest BCUT2D eigenvalue weighted by atomic mass is 16.5. The van der Waals surface area contributed by atoms with Crippen LogP contribution in [0.5, 0.6) is 0 Å². The van der Waals surface area contributed by atoms with Crippen LogP contribution in [-0.2, 0) is 19.1 Å². The molecule has 7 heteroatoms. The number of hydrogen-bond donors (Lipinski definition) is 2. The summed E-state index contributed by atoms with van der Waals surface area (Å²) in [5, 5.41) is 12.6. The third kappa shape index (κ3) is 5.16. The van der Waals surface area contributed by atoms with Gasteiger partial charge in [0.2, 0.25) is 11.8 Å². The molecule has 2 heterocycles. The van der Waals surface area contributed by atoms with E-state index in [-0.39, 0.29) is 36.5 Å². The summed E-state index contributed by atoms with van der Waals surface area (Å²) in [6.07, 6.45) is 2.56. The monoisotopic (exact) mass is 328 g/mol. The summed E-state index contributed by atoms with van der Waals surface area (Å²) in [6, 6.07) is -0.193. The molecule has 23 heavy (non-hydrogen) atoms. The van der Waals surface area contributed by atoms with Crippen LogP contribution in [0.1, 0.15) is 32.1 Å². The lowest BCUT2D eigenvalue weighted by molar-refractivity contribution is -0.142. The van der Waals surface area contributed by atoms with E-state index in [4.69, 9.17) is 9.47 Å². The number of nitrogens with one attached hydrogen (secondary N) is 1. The molecule has 0 spiro atoms. The van der Waals surface area contributed by atoms with Crippen LogP contribution < -0.4 is 5.32 Å². The normalized spacial score (nSPS) is 29.1. The molecule has 0 aromatic heterocycles. The molecule has 2 fully saturated rings. The summed E-state index contributed by atoms with van der Waals surface area (Å²) in [6.45, 7) is 1.08. The van der Waals surface area contributed by atoms with Crippen LogP contribution in [-0.4, -0.2) is 74.0 Å². The van der Waals surface area contributed by atoms with E-state index < -0.39 is 6.10 Å². The predicted molar refractivity (Wildman–Crippen MR) is 83.8 cm³/mol. The van der Waals surface area contributed by atoms with Crippen LogP contribution in [0.25, 0.3) is 0 Å². The summed E-state index contributed by atoms with van der Waals surface area (Å²) in [5.41, 5.74) is 0. The molecule has 2 N–H and O–H groups in total. The van der Waals surface area contributed by atoms with Gasteiger partial charge in [0.25, 0.3) is 0 Å². The predicted octanol–water partition coefficient (Wildman–Crippen LogP) is -0.0840. The maximum atomic E-state index is 12.3. The highest BCUT2D eigenvalue weighted by Crippen LogP contribution is 2.23. The van der Waals surface area contributed by atoms with Crippen molar-refractivity contribution in [2.45, 2.75) is 50.4 Å². The topological polar surface area (TPSA) is 88.1 Å². The molecular formula is C16H28N2O5. The Morgan fingerprint density at radius 2 is 1.87 bits per heavy atom. The molecule has 7 nitrogen and oxygen atoms in total. The molecule has 0 aliphatic carbocycles. The lowest BCUT2D eigenvalue weighted by atomic mass is 9.94. The first-order valence-corrected chi connectivity index (χ1v) is 8.35. The second-order valence-corrected chi connectivity index (χ2v) is 6.55. The van der Waals surface area contributed by atoms with Gasteiger partial charge in [0, 0.05) is 33.2 Å². The number of nitrogens with zero attached hydrogens (tertiary/aromatic N) is 1. The molecule has 2 rings (SSSR count). The van der Waals surface area contributed by atoms with Crippen LogP contribution in [0.2, 0.25) is 0 Å². The van der Waals surface area contributed by atoms with Crippen molar-refractivity contribution in [1.82, 2.24) is 10.2 Å². The minimum Gasteiger partial charge on any atom is -0.394 e. The Hall–Kier alpha value is -1.18. The van der Waals surface area contributed by atoms with Crippen LogP contribution >= 0.6 is 0 Å². The molecule has 0 saturated carbocycles. The van der Waals surface area contributed by atoms with E-state index in [0.717, 1.165) is 12.8 Å². The fourth-order valence-corrected chi connectivity index (χ4v) is 3.08. The largest absolute Gasteiger partial charge is 0.394 e. The number of hydrogen-bond acceptors (Lipinski definition) is 5. The van der Waals surface area contributed by atoms with Gasteiger partial charge in [-0.15, -0.1) is 0 Å². The van der Waals surface area contributed by atoms with Crippen molar-refractivity contribution in [1.29, 1.82) is 0 Å². The molecule has 2 aliphatic heterocycles. The van der Waals surface area contributed by atoms with Crippen molar-refractivity contribution in [2.24, 2.45) is 5.92 Å². The minimum atomic E-state index is -0.451. The Morgan fingerprint density at radius 1 is 1.17 bits per heavy atom. The number of aliphatic hydroxyl groups excluding tert-OH is 1. The average molecular weight is 328 g/mol. The number of amides is 2. The van der Waals surface area contributed by atoms with Gasteiger partial charge in [-0.2, -0.15) is 0 Å². The van der Waals surface area contributed by atoms with E-state index in [1.54, 1.807) is 14.1 Å². The maximum absolute atomic E-state index is 12.3. The summed E-state index contributed by atoms with van der Waals surface area (Å²) in [7, 11) is 3.43. The Balaban J connectivity index is 1.84. The molecule has 2 saturated heterocycles. The lowest BCUT2D eigenvalue weighted by Gasteiger charge is -2.37. The van der Waals surface area contributed by atoms with E-state index >= 15 is 0 Å². The van der Waals surface area contributed by atoms with Crippen LogP contribution in [0.15, 0.2) is 0 Å². The average Bonchev–Trinajstić information content (AvgIpc) is 2.56. The second kappa shape index (κ2) is 8.61. The highest BCUT2D eigenvalue weighted by Gasteiger charge is 2.34. The molecule has 3 atom stereocenters. The lowest BCUT2D eigenvalue weighted by Crippen LogP contribution is -2.53. The van der Waals surface area contributed by atoms with Crippen molar-refractivity contribution in [2.75, 3.05) is 33.9 Å². The highest BCUT2D eigenvalue weighted by molar-refractivity contribution is 5.79. The van der Waals surface area contributed by atoms with Gasteiger partial charge in [-0.3, -0.25) is 9.59 Å². The zero-order valence-corrected chi connectivity index (χ0v) is 14.0. The van der Waals surface area contributed by atoms with E-state index in [9.17, 15) is 14.7 Å². The van der Waals surface area contributed by atoms with Gasteiger partial charge in [-0.25, -0.2) is 0 Å². The van der Waals surface area contributed by atoms with E-state index in [1.807, 2.05) is 0 Å². The van der Waals surface area contributed by atoms with Gasteiger partial charge in [0.15, 0.2) is 0 Å². The van der Waals surface area contributed by atoms with Crippen molar-refractivity contribution < 1.29 is 24.2 Å². The third-order valence-corrected chi connectivity index (χ3v) is 4.62. The summed E-state index contributed by atoms with van der Waals surface area (Å²) in [4.78, 5) is 25.6. The molecule has 2 amide bonds. The Morgan fingerprint density at radius 3 is 2.48 bits per heavy atom. The van der Waals surface area contributed by atoms with Gasteiger partial charge < -0.3 is 24.8 Å². The molecule has 2 aliphatic rings. The Bertz CT molecular complexity index is 409. The number of carbonyl (C=O) groups excluding carboxylic acids is 2. The van der Waals surface area contributed by atoms with Gasteiger partial charge in [-0.1, -0.05) is 0 Å². The molecule has 0 radical (unpaired) electrons. The van der Waals surface area contributed by atoms with Gasteiger partial charge in [0.05, 0.1) is 25.2 Å². The SMILES string of the molecule is CN(C)C(=O)C[C@@H]1CC[C@H](NC(=O)C2CCOCC2)[C@@H](CO)O1. The number of carbonyl (C=O) groups is 2. The van der Waals surface area contributed by atoms with Crippen LogP contribution in [0.3, 0.4) is 0 Å². The fraction of sp³-hybridized carbons (Fsp3) is 0.875. The molecule has 132 valence electrons. The summed E-state index contributed by atoms with van der Waals surface area (Å²) < 4.78 is 11.1.